The molecule has 0 saturated carbocycles. The normalized spacial score (nSPS) is 11.3. The van der Waals surface area contributed by atoms with Crippen molar-refractivity contribution in [3.05, 3.63) is 23.2 Å². The summed E-state index contributed by atoms with van der Waals surface area (Å²) in [6.45, 7) is 0.384. The van der Waals surface area contributed by atoms with Crippen molar-refractivity contribution in [2.75, 3.05) is 19.1 Å². The number of thioether (sulfide) groups is 1. The van der Waals surface area contributed by atoms with E-state index in [9.17, 15) is 0 Å². The number of nitrogens with two attached hydrogens (primary N) is 1. The van der Waals surface area contributed by atoms with Gasteiger partial charge in [-0.1, -0.05) is 17.8 Å². The van der Waals surface area contributed by atoms with Gasteiger partial charge in [-0.2, -0.15) is 9.50 Å². The van der Waals surface area contributed by atoms with Gasteiger partial charge in [-0.15, -0.1) is 16.4 Å². The summed E-state index contributed by atoms with van der Waals surface area (Å²) in [5.74, 6) is 1.04. The van der Waals surface area contributed by atoms with E-state index in [1.165, 1.54) is 11.8 Å². The van der Waals surface area contributed by atoms with Crippen LogP contribution in [0, 0.1) is 0 Å². The molecule has 0 bridgehead atoms. The van der Waals surface area contributed by atoms with Gasteiger partial charge in [0.2, 0.25) is 5.16 Å². The lowest BCUT2D eigenvalue weighted by molar-refractivity contribution is 0.182. The van der Waals surface area contributed by atoms with E-state index >= 15 is 0 Å². The molecule has 3 aromatic heterocycles. The Morgan fingerprint density at radius 3 is 2.95 bits per heavy atom. The topological polar surface area (TPSA) is 78.3 Å². The van der Waals surface area contributed by atoms with Gasteiger partial charge in [-0.25, -0.2) is 4.98 Å². The molecule has 3 rings (SSSR count). The Bertz CT molecular complexity index is 738. The molecule has 8 heteroatoms. The first-order chi connectivity index (χ1) is 9.74. The van der Waals surface area contributed by atoms with Crippen LogP contribution >= 0.6 is 23.1 Å². The zero-order valence-corrected chi connectivity index (χ0v) is 12.7. The summed E-state index contributed by atoms with van der Waals surface area (Å²) in [5, 5.41) is 7.00. The molecule has 0 unspecified atom stereocenters. The van der Waals surface area contributed by atoms with Crippen LogP contribution in [-0.2, 0) is 11.3 Å². The molecular weight excluding hydrogens is 294 g/mol. The number of methoxy groups -OCH3 is 1. The summed E-state index contributed by atoms with van der Waals surface area (Å²) >= 11 is 3.07. The van der Waals surface area contributed by atoms with Gasteiger partial charge in [0.1, 0.15) is 5.82 Å². The Kier molecular flexibility index (Phi) is 3.60. The van der Waals surface area contributed by atoms with Crippen LogP contribution in [0.5, 0.6) is 0 Å². The molecule has 0 aliphatic heterocycles. The van der Waals surface area contributed by atoms with Crippen molar-refractivity contribution in [3.8, 4) is 10.4 Å². The van der Waals surface area contributed by atoms with Crippen LogP contribution in [0.1, 0.15) is 5.69 Å². The first-order valence-electron chi connectivity index (χ1n) is 5.86. The Morgan fingerprint density at radius 2 is 2.30 bits per heavy atom. The number of anilines is 1. The van der Waals surface area contributed by atoms with Crippen molar-refractivity contribution in [3.63, 3.8) is 0 Å². The third kappa shape index (κ3) is 2.15. The molecule has 0 amide bonds. The van der Waals surface area contributed by atoms with Gasteiger partial charge in [0.25, 0.3) is 5.78 Å². The van der Waals surface area contributed by atoms with Crippen molar-refractivity contribution in [2.24, 2.45) is 0 Å². The SMILES string of the molecule is COCc1nc2nc(SC)nn2c(N)c1-c1cccs1. The fourth-order valence-corrected chi connectivity index (χ4v) is 3.10. The highest BCUT2D eigenvalue weighted by atomic mass is 32.2. The smallest absolute Gasteiger partial charge is 0.255 e. The molecule has 20 heavy (non-hydrogen) atoms. The van der Waals surface area contributed by atoms with Crippen molar-refractivity contribution in [2.45, 2.75) is 11.8 Å². The first kappa shape index (κ1) is 13.3. The Labute approximate surface area is 124 Å². The molecule has 0 aromatic carbocycles. The quantitative estimate of drug-likeness (QED) is 0.745. The molecule has 0 aliphatic carbocycles. The zero-order chi connectivity index (χ0) is 14.1. The van der Waals surface area contributed by atoms with E-state index in [-0.39, 0.29) is 0 Å². The third-order valence-corrected chi connectivity index (χ3v) is 4.24. The van der Waals surface area contributed by atoms with Crippen LogP contribution in [0.3, 0.4) is 0 Å². The highest BCUT2D eigenvalue weighted by Gasteiger charge is 2.18. The number of fused-ring (bicyclic) bond motifs is 1. The van der Waals surface area contributed by atoms with Gasteiger partial charge >= 0.3 is 0 Å². The molecule has 0 saturated heterocycles. The fourth-order valence-electron chi connectivity index (χ4n) is 1.97. The van der Waals surface area contributed by atoms with Crippen LogP contribution < -0.4 is 5.73 Å². The first-order valence-corrected chi connectivity index (χ1v) is 7.97. The second-order valence-electron chi connectivity index (χ2n) is 4.04. The monoisotopic (exact) mass is 307 g/mol. The standard InChI is InChI=1S/C12H13N5OS2/c1-18-6-7-9(8-4-3-5-20-8)10(13)17-11(14-7)15-12(16-17)19-2/h3-5H,6,13H2,1-2H3. The minimum Gasteiger partial charge on any atom is -0.383 e. The molecule has 6 nitrogen and oxygen atoms in total. The Balaban J connectivity index is 2.29. The number of nitrogen functional groups attached to an aromatic ring is 1. The molecule has 0 fully saturated rings. The Hall–Kier alpha value is -1.64. The van der Waals surface area contributed by atoms with Gasteiger partial charge in [-0.3, -0.25) is 0 Å². The maximum atomic E-state index is 6.27. The van der Waals surface area contributed by atoms with Crippen LogP contribution in [0.4, 0.5) is 5.82 Å². The average Bonchev–Trinajstić information content (AvgIpc) is 3.08. The highest BCUT2D eigenvalue weighted by Crippen LogP contribution is 2.33. The van der Waals surface area contributed by atoms with E-state index in [4.69, 9.17) is 10.5 Å². The van der Waals surface area contributed by atoms with Crippen LogP contribution in [0.25, 0.3) is 16.2 Å². The van der Waals surface area contributed by atoms with E-state index in [0.29, 0.717) is 23.4 Å². The summed E-state index contributed by atoms with van der Waals surface area (Å²) in [5.41, 5.74) is 7.92. The number of hydrogen-bond acceptors (Lipinski definition) is 7. The summed E-state index contributed by atoms with van der Waals surface area (Å²) in [4.78, 5) is 9.90. The van der Waals surface area contributed by atoms with Gasteiger partial charge in [0, 0.05) is 12.0 Å². The van der Waals surface area contributed by atoms with Crippen LogP contribution in [-0.4, -0.2) is 32.9 Å². The third-order valence-electron chi connectivity index (χ3n) is 2.81. The largest absolute Gasteiger partial charge is 0.383 e. The minimum atomic E-state index is 0.384. The molecule has 3 aromatic rings. The summed E-state index contributed by atoms with van der Waals surface area (Å²) in [6, 6.07) is 3.99. The van der Waals surface area contributed by atoms with E-state index in [1.807, 2.05) is 23.8 Å². The predicted octanol–water partition coefficient (Wildman–Crippen LogP) is 2.30. The molecule has 3 heterocycles. The zero-order valence-electron chi connectivity index (χ0n) is 11.0. The summed E-state index contributed by atoms with van der Waals surface area (Å²) < 4.78 is 6.81. The second kappa shape index (κ2) is 5.39. The number of nitrogens with zero attached hydrogens (tertiary/aromatic N) is 4. The lowest BCUT2D eigenvalue weighted by Crippen LogP contribution is -2.07. The predicted molar refractivity (Wildman–Crippen MR) is 81.0 cm³/mol. The Morgan fingerprint density at radius 1 is 1.45 bits per heavy atom. The molecule has 2 N–H and O–H groups in total. The van der Waals surface area contributed by atoms with Crippen molar-refractivity contribution >= 4 is 34.7 Å². The molecule has 0 aliphatic rings. The summed E-state index contributed by atoms with van der Waals surface area (Å²) in [7, 11) is 1.64. The highest BCUT2D eigenvalue weighted by molar-refractivity contribution is 7.98. The molecular formula is C12H13N5OS2. The van der Waals surface area contributed by atoms with Crippen LogP contribution in [0.2, 0.25) is 0 Å². The van der Waals surface area contributed by atoms with E-state index < -0.39 is 0 Å². The number of aromatic nitrogens is 4. The molecule has 104 valence electrons. The number of thiophene rings is 1. The molecule has 0 atom stereocenters. The number of hydrogen-bond donors (Lipinski definition) is 1. The maximum absolute atomic E-state index is 6.27. The van der Waals surface area contributed by atoms with E-state index in [0.717, 1.165) is 16.1 Å². The fraction of sp³-hybridized carbons (Fsp3) is 0.250. The average molecular weight is 307 g/mol. The lowest BCUT2D eigenvalue weighted by atomic mass is 10.2. The van der Waals surface area contributed by atoms with Gasteiger partial charge in [0.15, 0.2) is 0 Å². The maximum Gasteiger partial charge on any atom is 0.255 e. The lowest BCUT2D eigenvalue weighted by Gasteiger charge is -2.10. The minimum absolute atomic E-state index is 0.384. The van der Waals surface area contributed by atoms with Gasteiger partial charge < -0.3 is 10.5 Å². The van der Waals surface area contributed by atoms with Gasteiger partial charge in [-0.05, 0) is 17.7 Å². The van der Waals surface area contributed by atoms with Crippen molar-refractivity contribution < 1.29 is 4.74 Å². The number of ether oxygens (including phenoxy) is 1. The van der Waals surface area contributed by atoms with Crippen molar-refractivity contribution in [1.29, 1.82) is 0 Å². The van der Waals surface area contributed by atoms with E-state index in [2.05, 4.69) is 15.1 Å². The van der Waals surface area contributed by atoms with Crippen LogP contribution in [0.15, 0.2) is 22.7 Å². The second-order valence-corrected chi connectivity index (χ2v) is 5.76. The summed E-state index contributed by atoms with van der Waals surface area (Å²) in [6.07, 6.45) is 1.92. The molecule has 0 spiro atoms. The molecule has 0 radical (unpaired) electrons. The van der Waals surface area contributed by atoms with Crippen molar-refractivity contribution in [1.82, 2.24) is 19.6 Å². The van der Waals surface area contributed by atoms with E-state index in [1.54, 1.807) is 23.0 Å². The van der Waals surface area contributed by atoms with Gasteiger partial charge in [0.05, 0.1) is 17.9 Å². The number of rotatable bonds is 4.